The first-order valence-electron chi connectivity index (χ1n) is 6.11. The lowest BCUT2D eigenvalue weighted by Gasteiger charge is -2.17. The van der Waals surface area contributed by atoms with E-state index in [1.54, 1.807) is 0 Å². The maximum Gasteiger partial charge on any atom is 0.339 e. The molecule has 0 bridgehead atoms. The maximum absolute atomic E-state index is 12.6. The molecule has 1 heterocycles. The first-order chi connectivity index (χ1) is 9.77. The molecule has 1 aliphatic rings. The van der Waals surface area contributed by atoms with Gasteiger partial charge in [0.05, 0.1) is 29.8 Å². The number of esters is 1. The van der Waals surface area contributed by atoms with Crippen molar-refractivity contribution in [3.05, 3.63) is 23.8 Å². The van der Waals surface area contributed by atoms with Crippen LogP contribution in [0.3, 0.4) is 0 Å². The molecule has 1 aromatic carbocycles. The van der Waals surface area contributed by atoms with Gasteiger partial charge >= 0.3 is 5.97 Å². The zero-order chi connectivity index (χ0) is 15.8. The Kier molecular flexibility index (Phi) is 4.19. The van der Waals surface area contributed by atoms with E-state index in [1.165, 1.54) is 12.1 Å². The summed E-state index contributed by atoms with van der Waals surface area (Å²) in [6, 6.07) is 3.80. The zero-order valence-electron chi connectivity index (χ0n) is 11.3. The average molecular weight is 316 g/mol. The number of nitrogens with zero attached hydrogens (tertiary/aromatic N) is 1. The monoisotopic (exact) mass is 316 g/mol. The summed E-state index contributed by atoms with van der Waals surface area (Å²) in [7, 11) is -2.94. The van der Waals surface area contributed by atoms with Gasteiger partial charge in [-0.05, 0) is 18.2 Å². The second kappa shape index (κ2) is 5.60. The summed E-state index contributed by atoms with van der Waals surface area (Å²) in [4.78, 5) is 11.4. The fourth-order valence-corrected chi connectivity index (χ4v) is 3.79. The summed E-state index contributed by atoms with van der Waals surface area (Å²) in [5.41, 5.74) is 5.60. The SMILES string of the molecule is COC(=O)c1ccc(N)cc1S(=O)(=O)N1C[C@@H](O)[C@@H](O)C1. The molecule has 0 amide bonds. The molecule has 2 atom stereocenters. The van der Waals surface area contributed by atoms with Crippen molar-refractivity contribution in [2.45, 2.75) is 17.1 Å². The third-order valence-corrected chi connectivity index (χ3v) is 5.13. The van der Waals surface area contributed by atoms with E-state index in [0.717, 1.165) is 17.5 Å². The van der Waals surface area contributed by atoms with Crippen molar-refractivity contribution in [1.82, 2.24) is 4.31 Å². The highest BCUT2D eigenvalue weighted by atomic mass is 32.2. The largest absolute Gasteiger partial charge is 0.465 e. The minimum Gasteiger partial charge on any atom is -0.465 e. The molecule has 0 aromatic heterocycles. The standard InChI is InChI=1S/C12H16N2O6S/c1-20-12(17)8-3-2-7(13)4-11(8)21(18,19)14-5-9(15)10(16)6-14/h2-4,9-10,15-16H,5-6,13H2,1H3/t9-,10+. The van der Waals surface area contributed by atoms with Crippen molar-refractivity contribution in [1.29, 1.82) is 0 Å². The van der Waals surface area contributed by atoms with Gasteiger partial charge in [0.25, 0.3) is 0 Å². The summed E-state index contributed by atoms with van der Waals surface area (Å²) >= 11 is 0. The topological polar surface area (TPSA) is 130 Å². The predicted molar refractivity (Wildman–Crippen MR) is 73.0 cm³/mol. The molecular formula is C12H16N2O6S. The van der Waals surface area contributed by atoms with Crippen LogP contribution in [0.4, 0.5) is 5.69 Å². The van der Waals surface area contributed by atoms with Gasteiger partial charge in [-0.1, -0.05) is 0 Å². The van der Waals surface area contributed by atoms with Crippen LogP contribution in [0.2, 0.25) is 0 Å². The van der Waals surface area contributed by atoms with E-state index < -0.39 is 28.2 Å². The van der Waals surface area contributed by atoms with E-state index in [4.69, 9.17) is 5.73 Å². The van der Waals surface area contributed by atoms with Crippen LogP contribution in [0.5, 0.6) is 0 Å². The quantitative estimate of drug-likeness (QED) is 0.471. The molecule has 116 valence electrons. The highest BCUT2D eigenvalue weighted by Gasteiger charge is 2.39. The lowest BCUT2D eigenvalue weighted by molar-refractivity contribution is 0.0572. The molecule has 0 unspecified atom stereocenters. The number of rotatable bonds is 3. The fourth-order valence-electron chi connectivity index (χ4n) is 2.10. The van der Waals surface area contributed by atoms with E-state index >= 15 is 0 Å². The Balaban J connectivity index is 2.49. The van der Waals surface area contributed by atoms with Crippen LogP contribution in [0.25, 0.3) is 0 Å². The Morgan fingerprint density at radius 3 is 2.43 bits per heavy atom. The molecule has 1 aliphatic heterocycles. The predicted octanol–water partition coefficient (Wildman–Crippen LogP) is -1.22. The molecule has 21 heavy (non-hydrogen) atoms. The molecule has 0 aliphatic carbocycles. The van der Waals surface area contributed by atoms with E-state index in [1.807, 2.05) is 0 Å². The Morgan fingerprint density at radius 2 is 1.90 bits per heavy atom. The summed E-state index contributed by atoms with van der Waals surface area (Å²) in [5.74, 6) is -0.811. The van der Waals surface area contributed by atoms with E-state index in [-0.39, 0.29) is 29.2 Å². The van der Waals surface area contributed by atoms with Crippen LogP contribution in [-0.4, -0.2) is 61.3 Å². The van der Waals surface area contributed by atoms with Crippen molar-refractivity contribution in [3.63, 3.8) is 0 Å². The Labute approximate surface area is 121 Å². The van der Waals surface area contributed by atoms with Gasteiger partial charge in [0.15, 0.2) is 0 Å². The number of methoxy groups -OCH3 is 1. The maximum atomic E-state index is 12.6. The summed E-state index contributed by atoms with van der Waals surface area (Å²) in [6.07, 6.45) is -2.33. The summed E-state index contributed by atoms with van der Waals surface area (Å²) in [5, 5.41) is 19.0. The van der Waals surface area contributed by atoms with Crippen molar-refractivity contribution < 1.29 is 28.2 Å². The highest BCUT2D eigenvalue weighted by Crippen LogP contribution is 2.26. The summed E-state index contributed by atoms with van der Waals surface area (Å²) in [6.45, 7) is -0.502. The normalized spacial score (nSPS) is 23.2. The van der Waals surface area contributed by atoms with Crippen LogP contribution in [0.15, 0.2) is 23.1 Å². The Morgan fingerprint density at radius 1 is 1.33 bits per heavy atom. The van der Waals surface area contributed by atoms with Crippen molar-refractivity contribution >= 4 is 21.7 Å². The van der Waals surface area contributed by atoms with Gasteiger partial charge in [-0.15, -0.1) is 0 Å². The number of β-amino-alcohol motifs (C(OH)–C–C–N with tert-alkyl or cyclic N) is 2. The van der Waals surface area contributed by atoms with Gasteiger partial charge in [-0.25, -0.2) is 13.2 Å². The minimum absolute atomic E-state index is 0.150. The molecule has 8 nitrogen and oxygen atoms in total. The first-order valence-corrected chi connectivity index (χ1v) is 7.55. The second-order valence-electron chi connectivity index (χ2n) is 4.70. The Hall–Kier alpha value is -1.68. The van der Waals surface area contributed by atoms with E-state index in [9.17, 15) is 23.4 Å². The molecule has 0 spiro atoms. The van der Waals surface area contributed by atoms with Crippen molar-refractivity contribution in [2.24, 2.45) is 0 Å². The number of aliphatic hydroxyl groups excluding tert-OH is 2. The number of anilines is 1. The van der Waals surface area contributed by atoms with Crippen LogP contribution in [-0.2, 0) is 14.8 Å². The van der Waals surface area contributed by atoms with Crippen LogP contribution in [0, 0.1) is 0 Å². The number of aliphatic hydroxyl groups is 2. The third kappa shape index (κ3) is 2.86. The van der Waals surface area contributed by atoms with Gasteiger partial charge in [0, 0.05) is 18.8 Å². The number of carbonyl (C=O) groups excluding carboxylic acids is 1. The van der Waals surface area contributed by atoms with Gasteiger partial charge < -0.3 is 20.7 Å². The molecule has 0 radical (unpaired) electrons. The van der Waals surface area contributed by atoms with Crippen molar-refractivity contribution in [2.75, 3.05) is 25.9 Å². The number of carbonyl (C=O) groups is 1. The zero-order valence-corrected chi connectivity index (χ0v) is 12.1. The average Bonchev–Trinajstić information content (AvgIpc) is 2.78. The number of benzene rings is 1. The van der Waals surface area contributed by atoms with Gasteiger partial charge in [0.1, 0.15) is 0 Å². The number of hydrogen-bond acceptors (Lipinski definition) is 7. The van der Waals surface area contributed by atoms with E-state index in [0.29, 0.717) is 0 Å². The number of nitrogen functional groups attached to an aromatic ring is 1. The number of ether oxygens (including phenoxy) is 1. The molecule has 1 aromatic rings. The van der Waals surface area contributed by atoms with E-state index in [2.05, 4.69) is 4.74 Å². The highest BCUT2D eigenvalue weighted by molar-refractivity contribution is 7.89. The molecule has 1 saturated heterocycles. The molecule has 0 saturated carbocycles. The van der Waals surface area contributed by atoms with Crippen LogP contribution in [0.1, 0.15) is 10.4 Å². The Bertz CT molecular complexity index is 650. The summed E-state index contributed by atoms with van der Waals surface area (Å²) < 4.78 is 30.6. The van der Waals surface area contributed by atoms with Gasteiger partial charge in [-0.2, -0.15) is 4.31 Å². The first kappa shape index (κ1) is 15.7. The van der Waals surface area contributed by atoms with Crippen LogP contribution < -0.4 is 5.73 Å². The fraction of sp³-hybridized carbons (Fsp3) is 0.417. The smallest absolute Gasteiger partial charge is 0.339 e. The van der Waals surface area contributed by atoms with Gasteiger partial charge in [0.2, 0.25) is 10.0 Å². The van der Waals surface area contributed by atoms with Crippen LogP contribution >= 0.6 is 0 Å². The second-order valence-corrected chi connectivity index (χ2v) is 6.61. The van der Waals surface area contributed by atoms with Crippen molar-refractivity contribution in [3.8, 4) is 0 Å². The third-order valence-electron chi connectivity index (χ3n) is 3.25. The minimum atomic E-state index is -4.08. The number of nitrogens with two attached hydrogens (primary N) is 1. The molecule has 4 N–H and O–H groups in total. The van der Waals surface area contributed by atoms with Gasteiger partial charge in [-0.3, -0.25) is 0 Å². The molecular weight excluding hydrogens is 300 g/mol. The lowest BCUT2D eigenvalue weighted by Crippen LogP contribution is -2.31. The number of hydrogen-bond donors (Lipinski definition) is 3. The molecule has 9 heteroatoms. The lowest BCUT2D eigenvalue weighted by atomic mass is 10.2. The molecule has 1 fully saturated rings. The number of sulfonamides is 1. The molecule has 2 rings (SSSR count).